The molecule has 8 heteroatoms. The van der Waals surface area contributed by atoms with Crippen LogP contribution >= 0.6 is 0 Å². The van der Waals surface area contributed by atoms with Crippen LogP contribution in [0.4, 0.5) is 13.2 Å². The first-order chi connectivity index (χ1) is 9.34. The Hall–Kier alpha value is -2.12. The molecule has 1 rings (SSSR count). The summed E-state index contributed by atoms with van der Waals surface area (Å²) in [6.07, 6.45) is -2.47. The van der Waals surface area contributed by atoms with Crippen LogP contribution in [-0.2, 0) is 20.9 Å². The number of nitrogens with zero attached hydrogens (tertiary/aromatic N) is 2. The number of carbonyl (C=O) groups is 2. The van der Waals surface area contributed by atoms with Gasteiger partial charge in [0.25, 0.3) is 0 Å². The van der Waals surface area contributed by atoms with E-state index in [0.717, 1.165) is 7.11 Å². The van der Waals surface area contributed by atoms with Gasteiger partial charge in [0.1, 0.15) is 0 Å². The van der Waals surface area contributed by atoms with Crippen molar-refractivity contribution in [2.24, 2.45) is 0 Å². The number of esters is 1. The second-order valence-corrected chi connectivity index (χ2v) is 3.91. The van der Waals surface area contributed by atoms with Crippen molar-refractivity contribution in [3.63, 3.8) is 0 Å². The lowest BCUT2D eigenvalue weighted by atomic mass is 10.2. The molecule has 5 nitrogen and oxygen atoms in total. The van der Waals surface area contributed by atoms with Crippen molar-refractivity contribution in [1.29, 1.82) is 0 Å². The Bertz CT molecular complexity index is 463. The summed E-state index contributed by atoms with van der Waals surface area (Å²) in [7, 11) is 1.12. The summed E-state index contributed by atoms with van der Waals surface area (Å²) in [5.74, 6) is -2.68. The largest absolute Gasteiger partial charge is 0.471 e. The smallest absolute Gasteiger partial charge is 0.469 e. The molecular formula is C12H13F3N2O3. The fraction of sp³-hybridized carbons (Fsp3) is 0.417. The molecule has 110 valence electrons. The molecule has 0 saturated heterocycles. The molecule has 0 spiro atoms. The van der Waals surface area contributed by atoms with Gasteiger partial charge < -0.3 is 9.64 Å². The van der Waals surface area contributed by atoms with Gasteiger partial charge in [0.15, 0.2) is 0 Å². The zero-order valence-electron chi connectivity index (χ0n) is 10.7. The number of ether oxygens (including phenoxy) is 1. The summed E-state index contributed by atoms with van der Waals surface area (Å²) in [5.41, 5.74) is 0.440. The summed E-state index contributed by atoms with van der Waals surface area (Å²) in [5, 5.41) is 0. The van der Waals surface area contributed by atoms with Crippen molar-refractivity contribution in [2.45, 2.75) is 19.1 Å². The monoisotopic (exact) mass is 290 g/mol. The van der Waals surface area contributed by atoms with Gasteiger partial charge in [-0.1, -0.05) is 6.07 Å². The maximum atomic E-state index is 12.5. The van der Waals surface area contributed by atoms with Gasteiger partial charge in [-0.05, 0) is 11.6 Å². The Balaban J connectivity index is 2.79. The number of aromatic nitrogens is 1. The summed E-state index contributed by atoms with van der Waals surface area (Å²) in [6.45, 7) is -0.650. The van der Waals surface area contributed by atoms with E-state index in [1.54, 1.807) is 12.1 Å². The molecule has 0 N–H and O–H groups in total. The van der Waals surface area contributed by atoms with Crippen LogP contribution in [0.25, 0.3) is 0 Å². The molecule has 0 atom stereocenters. The van der Waals surface area contributed by atoms with Gasteiger partial charge in [-0.2, -0.15) is 13.2 Å². The third-order valence-corrected chi connectivity index (χ3v) is 2.44. The highest BCUT2D eigenvalue weighted by Crippen LogP contribution is 2.20. The number of methoxy groups -OCH3 is 1. The topological polar surface area (TPSA) is 59.5 Å². The van der Waals surface area contributed by atoms with E-state index in [1.165, 1.54) is 12.4 Å². The first kappa shape index (κ1) is 15.9. The van der Waals surface area contributed by atoms with Gasteiger partial charge in [0.2, 0.25) is 0 Å². The molecule has 1 aromatic heterocycles. The van der Waals surface area contributed by atoms with Crippen LogP contribution in [0.15, 0.2) is 24.5 Å². The van der Waals surface area contributed by atoms with E-state index < -0.39 is 18.1 Å². The molecule has 0 saturated carbocycles. The van der Waals surface area contributed by atoms with Gasteiger partial charge in [0, 0.05) is 25.5 Å². The molecule has 0 bridgehead atoms. The number of pyridine rings is 1. The van der Waals surface area contributed by atoms with Crippen molar-refractivity contribution >= 4 is 11.9 Å². The number of halogens is 3. The first-order valence-corrected chi connectivity index (χ1v) is 5.66. The minimum Gasteiger partial charge on any atom is -0.469 e. The Morgan fingerprint density at radius 1 is 1.40 bits per heavy atom. The highest BCUT2D eigenvalue weighted by atomic mass is 19.4. The Kier molecular flexibility index (Phi) is 5.48. The average molecular weight is 290 g/mol. The number of hydrogen-bond acceptors (Lipinski definition) is 4. The fourth-order valence-electron chi connectivity index (χ4n) is 1.47. The van der Waals surface area contributed by atoms with Crippen LogP contribution in [0.1, 0.15) is 12.0 Å². The summed E-state index contributed by atoms with van der Waals surface area (Å²) in [4.78, 5) is 26.6. The lowest BCUT2D eigenvalue weighted by Crippen LogP contribution is -2.41. The zero-order chi connectivity index (χ0) is 15.2. The molecule has 0 aliphatic carbocycles. The fourth-order valence-corrected chi connectivity index (χ4v) is 1.47. The average Bonchev–Trinajstić information content (AvgIpc) is 2.42. The predicted octanol–water partition coefficient (Wildman–Crippen LogP) is 1.54. The highest BCUT2D eigenvalue weighted by molar-refractivity contribution is 5.82. The first-order valence-electron chi connectivity index (χ1n) is 5.66. The van der Waals surface area contributed by atoms with Gasteiger partial charge in [0.05, 0.1) is 13.5 Å². The van der Waals surface area contributed by atoms with Gasteiger partial charge in [-0.15, -0.1) is 0 Å². The minimum absolute atomic E-state index is 0.275. The van der Waals surface area contributed by atoms with Gasteiger partial charge in [-0.3, -0.25) is 14.6 Å². The van der Waals surface area contributed by atoms with Crippen molar-refractivity contribution in [3.05, 3.63) is 30.1 Å². The molecule has 0 unspecified atom stereocenters. The third kappa shape index (κ3) is 4.87. The lowest BCUT2D eigenvalue weighted by molar-refractivity contribution is -0.186. The summed E-state index contributed by atoms with van der Waals surface area (Å²) >= 11 is 0. The van der Waals surface area contributed by atoms with Crippen LogP contribution in [0.2, 0.25) is 0 Å². The second kappa shape index (κ2) is 6.88. The quantitative estimate of drug-likeness (QED) is 0.772. The molecule has 0 aliphatic heterocycles. The van der Waals surface area contributed by atoms with E-state index in [1.807, 2.05) is 0 Å². The Morgan fingerprint density at radius 2 is 2.10 bits per heavy atom. The molecule has 0 aromatic carbocycles. The number of amides is 1. The second-order valence-electron chi connectivity index (χ2n) is 3.91. The number of alkyl halides is 3. The molecule has 20 heavy (non-hydrogen) atoms. The van der Waals surface area contributed by atoms with E-state index in [-0.39, 0.29) is 19.5 Å². The van der Waals surface area contributed by atoms with E-state index in [9.17, 15) is 22.8 Å². The number of rotatable bonds is 5. The van der Waals surface area contributed by atoms with E-state index in [0.29, 0.717) is 10.5 Å². The molecule has 1 heterocycles. The van der Waals surface area contributed by atoms with Crippen LogP contribution in [-0.4, -0.2) is 41.6 Å². The summed E-state index contributed by atoms with van der Waals surface area (Å²) < 4.78 is 41.8. The summed E-state index contributed by atoms with van der Waals surface area (Å²) in [6, 6.07) is 3.09. The van der Waals surface area contributed by atoms with Crippen LogP contribution < -0.4 is 0 Å². The molecule has 0 aliphatic rings. The molecule has 0 fully saturated rings. The van der Waals surface area contributed by atoms with Crippen LogP contribution in [0, 0.1) is 0 Å². The van der Waals surface area contributed by atoms with Crippen molar-refractivity contribution in [3.8, 4) is 0 Å². The van der Waals surface area contributed by atoms with E-state index in [4.69, 9.17) is 0 Å². The predicted molar refractivity (Wildman–Crippen MR) is 62.3 cm³/mol. The Morgan fingerprint density at radius 3 is 2.60 bits per heavy atom. The maximum Gasteiger partial charge on any atom is 0.471 e. The lowest BCUT2D eigenvalue weighted by Gasteiger charge is -2.23. The zero-order valence-corrected chi connectivity index (χ0v) is 10.7. The van der Waals surface area contributed by atoms with Gasteiger partial charge in [-0.25, -0.2) is 0 Å². The van der Waals surface area contributed by atoms with E-state index >= 15 is 0 Å². The van der Waals surface area contributed by atoms with Crippen LogP contribution in [0.5, 0.6) is 0 Å². The third-order valence-electron chi connectivity index (χ3n) is 2.44. The van der Waals surface area contributed by atoms with Crippen molar-refractivity contribution < 1.29 is 27.5 Å². The Labute approximate surface area is 113 Å². The molecule has 0 radical (unpaired) electrons. The molecule has 1 aromatic rings. The molecular weight excluding hydrogens is 277 g/mol. The maximum absolute atomic E-state index is 12.5. The minimum atomic E-state index is -4.99. The number of carbonyl (C=O) groups excluding carboxylic acids is 2. The highest BCUT2D eigenvalue weighted by Gasteiger charge is 2.42. The van der Waals surface area contributed by atoms with E-state index in [2.05, 4.69) is 9.72 Å². The molecule has 1 amide bonds. The van der Waals surface area contributed by atoms with Gasteiger partial charge >= 0.3 is 18.1 Å². The SMILES string of the molecule is COC(=O)CCN(Cc1cccnc1)C(=O)C(F)(F)F. The van der Waals surface area contributed by atoms with Crippen molar-refractivity contribution in [2.75, 3.05) is 13.7 Å². The standard InChI is InChI=1S/C12H13F3N2O3/c1-20-10(18)4-6-17(11(19)12(13,14)15)8-9-3-2-5-16-7-9/h2-3,5,7H,4,6,8H2,1H3. The van der Waals surface area contributed by atoms with Crippen LogP contribution in [0.3, 0.4) is 0 Å². The normalized spacial score (nSPS) is 11.0. The van der Waals surface area contributed by atoms with Crippen molar-refractivity contribution in [1.82, 2.24) is 9.88 Å². The number of hydrogen-bond donors (Lipinski definition) is 0.